The molecule has 0 aromatic carbocycles. The van der Waals surface area contributed by atoms with Crippen LogP contribution in [0.1, 0.15) is 26.7 Å². The van der Waals surface area contributed by atoms with Crippen molar-refractivity contribution in [3.8, 4) is 0 Å². The molecule has 0 unspecified atom stereocenters. The number of rotatable bonds is 1. The van der Waals surface area contributed by atoms with Gasteiger partial charge in [0.2, 0.25) is 0 Å². The molecule has 2 rings (SSSR count). The Morgan fingerprint density at radius 2 is 2.08 bits per heavy atom. The molecule has 3 heteroatoms. The molecular weight excluding hydrogens is 180 g/mol. The molecule has 2 nitrogen and oxygen atoms in total. The van der Waals surface area contributed by atoms with Gasteiger partial charge in [0.05, 0.1) is 0 Å². The van der Waals surface area contributed by atoms with Gasteiger partial charge in [0, 0.05) is 35.7 Å². The smallest absolute Gasteiger partial charge is 0.0231 e. The fourth-order valence-electron chi connectivity index (χ4n) is 2.29. The van der Waals surface area contributed by atoms with Crippen molar-refractivity contribution in [3.05, 3.63) is 0 Å². The minimum absolute atomic E-state index is 0.456. The van der Waals surface area contributed by atoms with Gasteiger partial charge in [0.15, 0.2) is 0 Å². The van der Waals surface area contributed by atoms with Gasteiger partial charge in [-0.3, -0.25) is 4.90 Å². The molecule has 76 valence electrons. The Morgan fingerprint density at radius 3 is 2.62 bits per heavy atom. The quantitative estimate of drug-likeness (QED) is 0.692. The van der Waals surface area contributed by atoms with Crippen molar-refractivity contribution < 1.29 is 0 Å². The first-order valence-corrected chi connectivity index (χ1v) is 6.19. The minimum Gasteiger partial charge on any atom is -0.328 e. The van der Waals surface area contributed by atoms with Crippen LogP contribution in [0.3, 0.4) is 0 Å². The van der Waals surface area contributed by atoms with Gasteiger partial charge in [-0.2, -0.15) is 11.8 Å². The fourth-order valence-corrected chi connectivity index (χ4v) is 3.43. The van der Waals surface area contributed by atoms with Gasteiger partial charge in [-0.15, -0.1) is 0 Å². The van der Waals surface area contributed by atoms with E-state index in [-0.39, 0.29) is 0 Å². The highest BCUT2D eigenvalue weighted by atomic mass is 32.2. The predicted octanol–water partition coefficient (Wildman–Crippen LogP) is 1.30. The Morgan fingerprint density at radius 1 is 1.38 bits per heavy atom. The third-order valence-corrected chi connectivity index (χ3v) is 4.42. The summed E-state index contributed by atoms with van der Waals surface area (Å²) in [4.78, 5) is 2.64. The molecule has 1 saturated carbocycles. The summed E-state index contributed by atoms with van der Waals surface area (Å²) >= 11 is 2.10. The van der Waals surface area contributed by atoms with E-state index < -0.39 is 0 Å². The van der Waals surface area contributed by atoms with Gasteiger partial charge < -0.3 is 5.73 Å². The molecule has 0 spiro atoms. The molecule has 0 bridgehead atoms. The first kappa shape index (κ1) is 9.81. The molecule has 0 radical (unpaired) electrons. The van der Waals surface area contributed by atoms with Crippen LogP contribution in [0.5, 0.6) is 0 Å². The van der Waals surface area contributed by atoms with Crippen molar-refractivity contribution in [2.45, 2.75) is 43.5 Å². The lowest BCUT2D eigenvalue weighted by Gasteiger charge is -2.47. The van der Waals surface area contributed by atoms with E-state index in [0.29, 0.717) is 10.8 Å². The number of hydrogen-bond donors (Lipinski definition) is 1. The number of nitrogens with two attached hydrogens (primary N) is 1. The zero-order chi connectivity index (χ0) is 9.47. The van der Waals surface area contributed by atoms with Crippen molar-refractivity contribution in [1.82, 2.24) is 4.90 Å². The lowest BCUT2D eigenvalue weighted by atomic mass is 9.86. The van der Waals surface area contributed by atoms with Crippen LogP contribution in [0.15, 0.2) is 0 Å². The maximum atomic E-state index is 5.81. The largest absolute Gasteiger partial charge is 0.328 e. The van der Waals surface area contributed by atoms with Crippen LogP contribution < -0.4 is 5.73 Å². The van der Waals surface area contributed by atoms with E-state index in [2.05, 4.69) is 30.5 Å². The topological polar surface area (TPSA) is 29.3 Å². The summed E-state index contributed by atoms with van der Waals surface area (Å²) in [5.74, 6) is 1.29. The highest BCUT2D eigenvalue weighted by Crippen LogP contribution is 2.34. The van der Waals surface area contributed by atoms with Crippen molar-refractivity contribution in [3.63, 3.8) is 0 Å². The lowest BCUT2D eigenvalue weighted by molar-refractivity contribution is 0.105. The molecule has 1 saturated heterocycles. The number of hydrogen-bond acceptors (Lipinski definition) is 3. The van der Waals surface area contributed by atoms with Crippen LogP contribution in [0.2, 0.25) is 0 Å². The molecule has 0 atom stereocenters. The molecule has 0 aromatic heterocycles. The maximum absolute atomic E-state index is 5.81. The monoisotopic (exact) mass is 200 g/mol. The summed E-state index contributed by atoms with van der Waals surface area (Å²) in [6.45, 7) is 7.21. The van der Waals surface area contributed by atoms with Gasteiger partial charge in [-0.25, -0.2) is 0 Å². The van der Waals surface area contributed by atoms with E-state index in [9.17, 15) is 0 Å². The van der Waals surface area contributed by atoms with Crippen molar-refractivity contribution in [2.75, 3.05) is 18.8 Å². The molecule has 2 N–H and O–H groups in total. The van der Waals surface area contributed by atoms with E-state index in [0.717, 1.165) is 6.04 Å². The Balaban J connectivity index is 1.86. The fraction of sp³-hybridized carbons (Fsp3) is 1.00. The minimum atomic E-state index is 0.456. The second-order valence-electron chi connectivity index (χ2n) is 4.96. The van der Waals surface area contributed by atoms with Gasteiger partial charge in [-0.05, 0) is 26.7 Å². The average molecular weight is 200 g/mol. The molecule has 1 aliphatic heterocycles. The summed E-state index contributed by atoms with van der Waals surface area (Å²) in [5.41, 5.74) is 5.81. The van der Waals surface area contributed by atoms with Gasteiger partial charge in [0.1, 0.15) is 0 Å². The van der Waals surface area contributed by atoms with Gasteiger partial charge in [0.25, 0.3) is 0 Å². The van der Waals surface area contributed by atoms with Gasteiger partial charge in [-0.1, -0.05) is 0 Å². The zero-order valence-electron chi connectivity index (χ0n) is 8.62. The lowest BCUT2D eigenvalue weighted by Crippen LogP contribution is -2.56. The van der Waals surface area contributed by atoms with Crippen molar-refractivity contribution in [2.24, 2.45) is 5.73 Å². The Bertz CT molecular complexity index is 187. The van der Waals surface area contributed by atoms with Gasteiger partial charge >= 0.3 is 0 Å². The highest BCUT2D eigenvalue weighted by molar-refractivity contribution is 8.00. The first-order chi connectivity index (χ1) is 6.07. The van der Waals surface area contributed by atoms with Crippen molar-refractivity contribution in [1.29, 1.82) is 0 Å². The summed E-state index contributed by atoms with van der Waals surface area (Å²) in [7, 11) is 0. The van der Waals surface area contributed by atoms with Crippen molar-refractivity contribution >= 4 is 11.8 Å². The molecular formula is C10H20N2S. The second kappa shape index (κ2) is 3.44. The first-order valence-electron chi connectivity index (χ1n) is 5.20. The molecule has 13 heavy (non-hydrogen) atoms. The second-order valence-corrected chi connectivity index (χ2v) is 6.77. The summed E-state index contributed by atoms with van der Waals surface area (Å²) in [6, 6.07) is 1.29. The SMILES string of the molecule is CC1(C)CN(C2CC(N)C2)CCS1. The molecule has 1 heterocycles. The highest BCUT2D eigenvalue weighted by Gasteiger charge is 2.36. The van der Waals surface area contributed by atoms with E-state index in [4.69, 9.17) is 5.73 Å². The molecule has 2 aliphatic rings. The normalized spacial score (nSPS) is 39.9. The maximum Gasteiger partial charge on any atom is 0.0231 e. The standard InChI is InChI=1S/C10H20N2S/c1-10(2)7-12(3-4-13-10)9-5-8(11)6-9/h8-9H,3-7,11H2,1-2H3. The van der Waals surface area contributed by atoms with Crippen LogP contribution in [0.4, 0.5) is 0 Å². The Labute approximate surface area is 85.2 Å². The van der Waals surface area contributed by atoms with E-state index in [1.54, 1.807) is 0 Å². The Hall–Kier alpha value is 0.270. The molecule has 2 fully saturated rings. The summed E-state index contributed by atoms with van der Waals surface area (Å²) in [5, 5.41) is 0. The summed E-state index contributed by atoms with van der Waals surface area (Å²) in [6.07, 6.45) is 2.45. The summed E-state index contributed by atoms with van der Waals surface area (Å²) < 4.78 is 0.456. The predicted molar refractivity (Wildman–Crippen MR) is 59.1 cm³/mol. The molecule has 0 aromatic rings. The molecule has 0 amide bonds. The third-order valence-electron chi connectivity index (χ3n) is 3.12. The number of nitrogens with zero attached hydrogens (tertiary/aromatic N) is 1. The molecule has 1 aliphatic carbocycles. The van der Waals surface area contributed by atoms with E-state index in [1.165, 1.54) is 31.7 Å². The zero-order valence-corrected chi connectivity index (χ0v) is 9.44. The van der Waals surface area contributed by atoms with Crippen LogP contribution in [-0.4, -0.2) is 40.6 Å². The average Bonchev–Trinajstić information content (AvgIpc) is 1.97. The van der Waals surface area contributed by atoms with E-state index >= 15 is 0 Å². The Kier molecular flexibility index (Phi) is 2.60. The van der Waals surface area contributed by atoms with Crippen LogP contribution >= 0.6 is 11.8 Å². The van der Waals surface area contributed by atoms with Crippen LogP contribution in [0.25, 0.3) is 0 Å². The number of thioether (sulfide) groups is 1. The van der Waals surface area contributed by atoms with E-state index in [1.807, 2.05) is 0 Å². The van der Waals surface area contributed by atoms with Crippen LogP contribution in [0, 0.1) is 0 Å². The van der Waals surface area contributed by atoms with Crippen LogP contribution in [-0.2, 0) is 0 Å². The third kappa shape index (κ3) is 2.20.